The second-order valence-corrected chi connectivity index (χ2v) is 34.4. The van der Waals surface area contributed by atoms with Gasteiger partial charge in [-0.3, -0.25) is 0 Å². The molecule has 7 nitrogen and oxygen atoms in total. The Kier molecular flexibility index (Phi) is 12.5. The third-order valence-corrected chi connectivity index (χ3v) is 24.3. The third-order valence-electron chi connectivity index (χ3n) is 24.3. The van der Waals surface area contributed by atoms with Crippen LogP contribution in [0.5, 0.6) is 0 Å². The standard InChI is InChI=1S/C110H82BN7/c1-108(2,3)76-57-85(68-26-14-11-15-27-68)106-87(59-76)74-32-24-30-70(53-74)72-41-49-98-90(55-72)91-56-73(42-50-99(91)114(98)80-34-18-13-19-35-80)71-31-25-33-75(54-71)88-60-77(109(4,5)6)58-86(69-28-16-12-17-29-69)107(88)118-102-65-82(116-96-39-23-21-37-84(96)92-63-79(113-10)43-51-100(92)116)45-47-94(102)111-93-46-44-81(64-101(93)117(106)103-61-78(110(7,8)9)62-104(118)105(103)111)115-95-38-22-20-36-83(95)89-52-67(66-112)40-48-97(89)115/h11-65H,1-9H3/i20D,21D,22D,23D,36D,37D,38D,39D,40D,43D,48D,51D,52D,63D. The predicted octanol–water partition coefficient (Wildman–Crippen LogP) is 27.7. The number of fused-ring (bicyclic) bond motifs is 26. The predicted molar refractivity (Wildman–Crippen MR) is 497 cm³/mol. The number of nitriles is 1. The lowest BCUT2D eigenvalue weighted by Crippen LogP contribution is -2.61. The first-order valence-corrected chi connectivity index (χ1v) is 39.9. The zero-order valence-corrected chi connectivity index (χ0v) is 66.4. The van der Waals surface area contributed by atoms with Gasteiger partial charge in [0.2, 0.25) is 0 Å². The highest BCUT2D eigenvalue weighted by atomic mass is 15.2. The van der Waals surface area contributed by atoms with Gasteiger partial charge in [0.05, 0.1) is 79.1 Å². The van der Waals surface area contributed by atoms with Gasteiger partial charge in [-0.25, -0.2) is 4.85 Å². The average Bonchev–Trinajstić information content (AvgIpc) is 0.947. The highest BCUT2D eigenvalue weighted by Crippen LogP contribution is 2.57. The maximum atomic E-state index is 10.8. The third kappa shape index (κ3) is 10.9. The van der Waals surface area contributed by atoms with Crippen LogP contribution in [0.1, 0.15) is 104 Å². The van der Waals surface area contributed by atoms with Crippen LogP contribution in [-0.4, -0.2) is 20.4 Å². The molecule has 6 heterocycles. The minimum atomic E-state index is -0.818. The molecule has 0 aliphatic carbocycles. The van der Waals surface area contributed by atoms with Gasteiger partial charge in [-0.05, 0) is 251 Å². The molecule has 3 aliphatic rings. The summed E-state index contributed by atoms with van der Waals surface area (Å²) in [5.41, 5.74) is 20.8. The van der Waals surface area contributed by atoms with Gasteiger partial charge in [-0.1, -0.05) is 244 Å². The lowest BCUT2D eigenvalue weighted by atomic mass is 9.33. The summed E-state index contributed by atoms with van der Waals surface area (Å²) in [5, 5.41) is 12.5. The maximum Gasteiger partial charge on any atom is 0.252 e. The van der Waals surface area contributed by atoms with E-state index in [2.05, 4.69) is 251 Å². The Balaban J connectivity index is 0.981. The Labute approximate surface area is 708 Å². The number of hydrogen-bond acceptors (Lipinski definition) is 3. The number of hydrogen-bond donors (Lipinski definition) is 0. The van der Waals surface area contributed by atoms with Crippen LogP contribution in [-0.2, 0) is 16.2 Å². The molecule has 13 bridgehead atoms. The van der Waals surface area contributed by atoms with Gasteiger partial charge in [0.15, 0.2) is 5.69 Å². The van der Waals surface area contributed by atoms with E-state index in [0.717, 1.165) is 150 Å². The molecule has 0 unspecified atom stereocenters. The van der Waals surface area contributed by atoms with Gasteiger partial charge >= 0.3 is 0 Å². The lowest BCUT2D eigenvalue weighted by Gasteiger charge is -2.47. The smallest absolute Gasteiger partial charge is 0.252 e. The Morgan fingerprint density at radius 3 is 1.19 bits per heavy atom. The largest absolute Gasteiger partial charge is 0.310 e. The summed E-state index contributed by atoms with van der Waals surface area (Å²) >= 11 is 0. The van der Waals surface area contributed by atoms with Gasteiger partial charge in [0.1, 0.15) is 0 Å². The maximum absolute atomic E-state index is 10.8. The van der Waals surface area contributed by atoms with E-state index in [1.54, 1.807) is 9.13 Å². The van der Waals surface area contributed by atoms with E-state index < -0.39 is 119 Å². The van der Waals surface area contributed by atoms with Gasteiger partial charge < -0.3 is 23.5 Å². The van der Waals surface area contributed by atoms with E-state index in [-0.39, 0.29) is 49.3 Å². The van der Waals surface area contributed by atoms with E-state index in [9.17, 15) is 24.5 Å². The minimum Gasteiger partial charge on any atom is -0.310 e. The SMILES string of the molecule is [2H]c1c([2H])c([2H])c2c(c1[2H])c1c([2H])c(C#N)c([2H])c([2H])c1n2-c1ccc2c(c1)N1c3cc(C(C)(C)C)cc4c3B2c2ccc(-n3c5c([2H])c([2H])c([2H])c([2H])c5c5c([2H])c([N+]#[C-])c([2H])c([2H])c53)cc2N4c2c(-c3ccccc3)cc(C(C)(C)C)cc2-c2cccc(c2)-c2ccc3c(c2)c2cc(ccc2n3-c2ccccc2)-c2cccc(c2)-c2cc(C(C)(C)C)cc(-c3ccccc3)c21. The van der Waals surface area contributed by atoms with Crippen LogP contribution in [0.25, 0.3) is 154 Å². The summed E-state index contributed by atoms with van der Waals surface area (Å²) in [6.45, 7) is 27.5. The van der Waals surface area contributed by atoms with Crippen LogP contribution in [0, 0.1) is 17.9 Å². The molecule has 560 valence electrons. The molecular formula is C110H82BN7. The molecule has 0 atom stereocenters. The molecule has 19 aromatic rings. The Morgan fingerprint density at radius 2 is 0.729 bits per heavy atom. The van der Waals surface area contributed by atoms with Crippen molar-refractivity contribution in [3.05, 3.63) is 367 Å². The summed E-state index contributed by atoms with van der Waals surface area (Å²) in [7, 11) is 0. The van der Waals surface area contributed by atoms with Crippen molar-refractivity contribution in [2.24, 2.45) is 0 Å². The van der Waals surface area contributed by atoms with E-state index >= 15 is 0 Å². The molecule has 0 saturated carbocycles. The van der Waals surface area contributed by atoms with Crippen LogP contribution in [0.3, 0.4) is 0 Å². The van der Waals surface area contributed by atoms with Crippen molar-refractivity contribution >= 4 is 128 Å². The molecule has 8 heteroatoms. The molecule has 3 aromatic heterocycles. The molecule has 0 fully saturated rings. The molecule has 0 N–H and O–H groups in total. The topological polar surface area (TPSA) is 49.4 Å². The van der Waals surface area contributed by atoms with Gasteiger partial charge in [-0.2, -0.15) is 5.26 Å². The summed E-state index contributed by atoms with van der Waals surface area (Å²) in [6, 6.07) is 82.6. The molecule has 22 rings (SSSR count). The van der Waals surface area contributed by atoms with E-state index in [1.807, 2.05) is 84.9 Å². The van der Waals surface area contributed by atoms with Gasteiger partial charge in [0.25, 0.3) is 6.71 Å². The van der Waals surface area contributed by atoms with Crippen LogP contribution in [0.4, 0.5) is 39.8 Å². The Bertz CT molecular complexity index is 8030. The van der Waals surface area contributed by atoms with Gasteiger partial charge in [0, 0.05) is 91.7 Å². The molecule has 0 saturated heterocycles. The first-order chi connectivity index (χ1) is 63.2. The van der Waals surface area contributed by atoms with Crippen LogP contribution in [0.2, 0.25) is 0 Å². The molecule has 0 amide bonds. The number of rotatable bonds is 5. The normalized spacial score (nSPS) is 14.6. The number of nitrogens with zero attached hydrogens (tertiary/aromatic N) is 7. The molecule has 0 spiro atoms. The second kappa shape index (κ2) is 26.0. The van der Waals surface area contributed by atoms with Crippen molar-refractivity contribution < 1.29 is 19.2 Å². The van der Waals surface area contributed by atoms with Gasteiger partial charge in [-0.15, -0.1) is 0 Å². The fourth-order valence-electron chi connectivity index (χ4n) is 18.5. The first kappa shape index (κ1) is 56.7. The van der Waals surface area contributed by atoms with Crippen molar-refractivity contribution in [1.29, 1.82) is 5.26 Å². The van der Waals surface area contributed by atoms with Crippen LogP contribution < -0.4 is 26.2 Å². The fraction of sp³-hybridized carbons (Fsp3) is 0.109. The average molecular weight is 1530 g/mol. The molecule has 16 aromatic carbocycles. The number of para-hydroxylation sites is 3. The molecular weight excluding hydrogens is 1430 g/mol. The van der Waals surface area contributed by atoms with Crippen molar-refractivity contribution in [2.45, 2.75) is 78.6 Å². The van der Waals surface area contributed by atoms with Crippen molar-refractivity contribution in [3.63, 3.8) is 0 Å². The highest BCUT2D eigenvalue weighted by Gasteiger charge is 2.47. The Hall–Kier alpha value is -14.4. The van der Waals surface area contributed by atoms with E-state index in [4.69, 9.17) is 6.57 Å². The quantitative estimate of drug-likeness (QED) is 0.127. The Morgan fingerprint density at radius 1 is 0.331 bits per heavy atom. The summed E-state index contributed by atoms with van der Waals surface area (Å²) < 4.78 is 142. The summed E-state index contributed by atoms with van der Waals surface area (Å²) in [5.74, 6) is 0. The number of anilines is 6. The molecule has 0 radical (unpaired) electrons. The second-order valence-electron chi connectivity index (χ2n) is 34.4. The highest BCUT2D eigenvalue weighted by molar-refractivity contribution is 7.00. The van der Waals surface area contributed by atoms with Crippen molar-refractivity contribution in [2.75, 3.05) is 9.80 Å². The zero-order valence-electron chi connectivity index (χ0n) is 80.4. The van der Waals surface area contributed by atoms with Crippen LogP contribution >= 0.6 is 0 Å². The van der Waals surface area contributed by atoms with Crippen molar-refractivity contribution in [1.82, 2.24) is 13.7 Å². The minimum absolute atomic E-state index is 0.0705. The van der Waals surface area contributed by atoms with Crippen molar-refractivity contribution in [3.8, 4) is 89.9 Å². The van der Waals surface area contributed by atoms with Crippen LogP contribution in [0.15, 0.2) is 333 Å². The zero-order chi connectivity index (χ0) is 92.1. The molecule has 118 heavy (non-hydrogen) atoms. The monoisotopic (exact) mass is 1530 g/mol. The number of benzene rings is 16. The van der Waals surface area contributed by atoms with E-state index in [0.29, 0.717) is 17.1 Å². The number of aromatic nitrogens is 3. The van der Waals surface area contributed by atoms with E-state index in [1.165, 1.54) is 0 Å². The first-order valence-electron chi connectivity index (χ1n) is 46.9. The lowest BCUT2D eigenvalue weighted by molar-refractivity contribution is 0.590. The summed E-state index contributed by atoms with van der Waals surface area (Å²) in [6.07, 6.45) is 0. The fourth-order valence-corrected chi connectivity index (χ4v) is 18.5. The summed E-state index contributed by atoms with van der Waals surface area (Å²) in [4.78, 5) is 8.37. The molecule has 3 aliphatic heterocycles.